The van der Waals surface area contributed by atoms with Gasteiger partial charge in [0.25, 0.3) is 0 Å². The summed E-state index contributed by atoms with van der Waals surface area (Å²) in [6.45, 7) is 4.43. The van der Waals surface area contributed by atoms with E-state index >= 15 is 0 Å². The average molecular weight is 274 g/mol. The van der Waals surface area contributed by atoms with Gasteiger partial charge in [-0.1, -0.05) is 0 Å². The third-order valence-corrected chi connectivity index (χ3v) is 5.86. The van der Waals surface area contributed by atoms with E-state index in [1.54, 1.807) is 6.92 Å². The predicted octanol–water partition coefficient (Wildman–Crippen LogP) is 0.670. The summed E-state index contributed by atoms with van der Waals surface area (Å²) in [7, 11) is -3.08. The van der Waals surface area contributed by atoms with Crippen molar-refractivity contribution >= 4 is 15.9 Å². The standard InChI is InChI=1S/C12H22N2O3S/c1-2-18(16,17)14-9-5-11(6-10-14)12(15)13-7-3-4-8-13/h11H,2-10H2,1H3. The van der Waals surface area contributed by atoms with E-state index in [1.807, 2.05) is 4.90 Å². The van der Waals surface area contributed by atoms with E-state index < -0.39 is 10.0 Å². The van der Waals surface area contributed by atoms with Crippen LogP contribution in [0.3, 0.4) is 0 Å². The fourth-order valence-electron chi connectivity index (χ4n) is 2.76. The minimum absolute atomic E-state index is 0.0337. The van der Waals surface area contributed by atoms with Crippen LogP contribution in [-0.4, -0.2) is 55.5 Å². The van der Waals surface area contributed by atoms with Gasteiger partial charge in [0.05, 0.1) is 5.75 Å². The molecule has 0 bridgehead atoms. The van der Waals surface area contributed by atoms with Gasteiger partial charge in [0.1, 0.15) is 0 Å². The first-order valence-electron chi connectivity index (χ1n) is 6.81. The Morgan fingerprint density at radius 3 is 2.17 bits per heavy atom. The monoisotopic (exact) mass is 274 g/mol. The Labute approximate surface area is 109 Å². The second-order valence-electron chi connectivity index (χ2n) is 5.11. The van der Waals surface area contributed by atoms with Gasteiger partial charge in [-0.15, -0.1) is 0 Å². The lowest BCUT2D eigenvalue weighted by Crippen LogP contribution is -2.44. The van der Waals surface area contributed by atoms with Crippen molar-refractivity contribution in [2.24, 2.45) is 5.92 Å². The van der Waals surface area contributed by atoms with E-state index in [1.165, 1.54) is 4.31 Å². The predicted molar refractivity (Wildman–Crippen MR) is 69.6 cm³/mol. The lowest BCUT2D eigenvalue weighted by atomic mass is 9.97. The number of amides is 1. The first kappa shape index (κ1) is 13.8. The Kier molecular flexibility index (Phi) is 4.27. The highest BCUT2D eigenvalue weighted by atomic mass is 32.2. The Balaban J connectivity index is 1.88. The molecule has 2 saturated heterocycles. The molecule has 2 rings (SSSR count). The second-order valence-corrected chi connectivity index (χ2v) is 7.36. The molecule has 1 amide bonds. The van der Waals surface area contributed by atoms with Crippen molar-refractivity contribution < 1.29 is 13.2 Å². The van der Waals surface area contributed by atoms with E-state index in [4.69, 9.17) is 0 Å². The zero-order chi connectivity index (χ0) is 13.2. The first-order valence-corrected chi connectivity index (χ1v) is 8.42. The highest BCUT2D eigenvalue weighted by Crippen LogP contribution is 2.23. The molecule has 0 spiro atoms. The first-order chi connectivity index (χ1) is 8.54. The summed E-state index contributed by atoms with van der Waals surface area (Å²) in [5, 5.41) is 0. The maximum atomic E-state index is 12.2. The molecule has 2 heterocycles. The van der Waals surface area contributed by atoms with Crippen LogP contribution in [0.15, 0.2) is 0 Å². The second kappa shape index (κ2) is 5.57. The summed E-state index contributed by atoms with van der Waals surface area (Å²) in [6.07, 6.45) is 3.56. The Morgan fingerprint density at radius 1 is 1.11 bits per heavy atom. The highest BCUT2D eigenvalue weighted by Gasteiger charge is 2.32. The molecule has 5 nitrogen and oxygen atoms in total. The number of rotatable bonds is 3. The number of carbonyl (C=O) groups is 1. The van der Waals surface area contributed by atoms with Crippen molar-refractivity contribution in [2.45, 2.75) is 32.6 Å². The van der Waals surface area contributed by atoms with Gasteiger partial charge in [-0.25, -0.2) is 12.7 Å². The van der Waals surface area contributed by atoms with E-state index in [0.29, 0.717) is 25.9 Å². The number of nitrogens with zero attached hydrogens (tertiary/aromatic N) is 2. The summed E-state index contributed by atoms with van der Waals surface area (Å²) >= 11 is 0. The molecule has 2 aliphatic heterocycles. The molecule has 18 heavy (non-hydrogen) atoms. The minimum Gasteiger partial charge on any atom is -0.342 e. The van der Waals surface area contributed by atoms with Crippen LogP contribution < -0.4 is 0 Å². The molecule has 0 aromatic heterocycles. The van der Waals surface area contributed by atoms with Crippen LogP contribution in [0.2, 0.25) is 0 Å². The Hall–Kier alpha value is -0.620. The number of piperidine rings is 1. The summed E-state index contributed by atoms with van der Waals surface area (Å²) in [5.74, 6) is 0.421. The fourth-order valence-corrected chi connectivity index (χ4v) is 3.89. The van der Waals surface area contributed by atoms with Gasteiger partial charge in [-0.2, -0.15) is 0 Å². The van der Waals surface area contributed by atoms with Gasteiger partial charge in [-0.05, 0) is 32.6 Å². The van der Waals surface area contributed by atoms with Gasteiger partial charge in [0, 0.05) is 32.1 Å². The lowest BCUT2D eigenvalue weighted by molar-refractivity contribution is -0.135. The normalized spacial score (nSPS) is 23.5. The molecule has 0 saturated carbocycles. The molecule has 0 N–H and O–H groups in total. The molecule has 0 aromatic carbocycles. The van der Waals surface area contributed by atoms with E-state index in [2.05, 4.69) is 0 Å². The zero-order valence-electron chi connectivity index (χ0n) is 11.0. The SMILES string of the molecule is CCS(=O)(=O)N1CCC(C(=O)N2CCCC2)CC1. The summed E-state index contributed by atoms with van der Waals surface area (Å²) in [6, 6.07) is 0. The van der Waals surface area contributed by atoms with Crippen LogP contribution in [0.5, 0.6) is 0 Å². The number of hydrogen-bond acceptors (Lipinski definition) is 3. The molecular weight excluding hydrogens is 252 g/mol. The van der Waals surface area contributed by atoms with Crippen LogP contribution in [-0.2, 0) is 14.8 Å². The van der Waals surface area contributed by atoms with Crippen molar-refractivity contribution in [1.82, 2.24) is 9.21 Å². The molecular formula is C12H22N2O3S. The molecule has 6 heteroatoms. The average Bonchev–Trinajstić information content (AvgIpc) is 2.92. The number of sulfonamides is 1. The molecule has 0 aliphatic carbocycles. The van der Waals surface area contributed by atoms with Gasteiger partial charge in [-0.3, -0.25) is 4.79 Å². The minimum atomic E-state index is -3.08. The van der Waals surface area contributed by atoms with Crippen LogP contribution in [0.1, 0.15) is 32.6 Å². The molecule has 2 aliphatic rings. The van der Waals surface area contributed by atoms with Crippen molar-refractivity contribution in [3.63, 3.8) is 0 Å². The van der Waals surface area contributed by atoms with E-state index in [0.717, 1.165) is 25.9 Å². The van der Waals surface area contributed by atoms with Crippen LogP contribution >= 0.6 is 0 Å². The molecule has 0 unspecified atom stereocenters. The van der Waals surface area contributed by atoms with Gasteiger partial charge in [0.2, 0.25) is 15.9 Å². The number of hydrogen-bond donors (Lipinski definition) is 0. The zero-order valence-corrected chi connectivity index (χ0v) is 11.8. The quantitative estimate of drug-likeness (QED) is 0.760. The number of likely N-dealkylation sites (tertiary alicyclic amines) is 1. The lowest BCUT2D eigenvalue weighted by Gasteiger charge is -2.32. The molecule has 2 fully saturated rings. The smallest absolute Gasteiger partial charge is 0.225 e. The third-order valence-electron chi connectivity index (χ3n) is 3.98. The molecule has 0 radical (unpaired) electrons. The van der Waals surface area contributed by atoms with E-state index in [-0.39, 0.29) is 17.6 Å². The maximum Gasteiger partial charge on any atom is 0.225 e. The van der Waals surface area contributed by atoms with Gasteiger partial charge in [0.15, 0.2) is 0 Å². The van der Waals surface area contributed by atoms with Crippen molar-refractivity contribution in [3.8, 4) is 0 Å². The van der Waals surface area contributed by atoms with Crippen LogP contribution in [0, 0.1) is 5.92 Å². The van der Waals surface area contributed by atoms with Gasteiger partial charge < -0.3 is 4.90 Å². The van der Waals surface area contributed by atoms with E-state index in [9.17, 15) is 13.2 Å². The summed E-state index contributed by atoms with van der Waals surface area (Å²) in [4.78, 5) is 14.1. The van der Waals surface area contributed by atoms with Crippen molar-refractivity contribution in [2.75, 3.05) is 31.9 Å². The topological polar surface area (TPSA) is 57.7 Å². The van der Waals surface area contributed by atoms with Crippen LogP contribution in [0.4, 0.5) is 0 Å². The summed E-state index contributed by atoms with van der Waals surface area (Å²) in [5.41, 5.74) is 0. The Bertz CT molecular complexity index is 394. The molecule has 0 aromatic rings. The largest absolute Gasteiger partial charge is 0.342 e. The maximum absolute atomic E-state index is 12.2. The summed E-state index contributed by atoms with van der Waals surface area (Å²) < 4.78 is 25.0. The number of carbonyl (C=O) groups excluding carboxylic acids is 1. The van der Waals surface area contributed by atoms with Gasteiger partial charge >= 0.3 is 0 Å². The van der Waals surface area contributed by atoms with Crippen LogP contribution in [0.25, 0.3) is 0 Å². The third kappa shape index (κ3) is 2.85. The Morgan fingerprint density at radius 2 is 1.67 bits per heavy atom. The van der Waals surface area contributed by atoms with Crippen molar-refractivity contribution in [1.29, 1.82) is 0 Å². The fraction of sp³-hybridized carbons (Fsp3) is 0.917. The highest BCUT2D eigenvalue weighted by molar-refractivity contribution is 7.89. The molecule has 0 atom stereocenters. The van der Waals surface area contributed by atoms with Crippen molar-refractivity contribution in [3.05, 3.63) is 0 Å². The molecule has 104 valence electrons.